The number of furan rings is 1. The molecule has 8 nitrogen and oxygen atoms in total. The van der Waals surface area contributed by atoms with Crippen LogP contribution in [0.25, 0.3) is 0 Å². The third-order valence-corrected chi connectivity index (χ3v) is 5.96. The molecule has 3 rings (SSSR count). The van der Waals surface area contributed by atoms with Crippen molar-refractivity contribution in [1.29, 1.82) is 0 Å². The number of halogens is 1. The van der Waals surface area contributed by atoms with Crippen LogP contribution in [0.5, 0.6) is 5.75 Å². The van der Waals surface area contributed by atoms with Gasteiger partial charge in [0.05, 0.1) is 30.4 Å². The van der Waals surface area contributed by atoms with E-state index in [4.69, 9.17) is 13.9 Å². The summed E-state index contributed by atoms with van der Waals surface area (Å²) in [7, 11) is -2.64. The summed E-state index contributed by atoms with van der Waals surface area (Å²) >= 11 is 0. The summed E-state index contributed by atoms with van der Waals surface area (Å²) in [6.07, 6.45) is 1.42. The fourth-order valence-electron chi connectivity index (χ4n) is 2.78. The zero-order valence-corrected chi connectivity index (χ0v) is 18.1. The van der Waals surface area contributed by atoms with E-state index in [9.17, 15) is 22.4 Å². The number of carbonyl (C=O) groups is 2. The van der Waals surface area contributed by atoms with Crippen LogP contribution in [-0.4, -0.2) is 33.9 Å². The van der Waals surface area contributed by atoms with Crippen LogP contribution in [0.15, 0.2) is 64.1 Å². The maximum absolute atomic E-state index is 13.8. The Labute approximate surface area is 184 Å². The summed E-state index contributed by atoms with van der Waals surface area (Å²) in [6, 6.07) is 10.8. The minimum atomic E-state index is -3.93. The lowest BCUT2D eigenvalue weighted by Crippen LogP contribution is -2.23. The van der Waals surface area contributed by atoms with Crippen LogP contribution in [-0.2, 0) is 21.3 Å². The molecule has 0 unspecified atom stereocenters. The van der Waals surface area contributed by atoms with E-state index in [1.54, 1.807) is 19.1 Å². The standard InChI is InChI=1S/C22H20FNO7S/c1-14-5-7-17(32(27,28)24-12-16-4-3-9-30-16)11-18(14)22(26)31-13-20(25)15-6-8-21(29-2)19(23)10-15/h3-11,24H,12-13H2,1-2H3. The predicted molar refractivity (Wildman–Crippen MR) is 111 cm³/mol. The number of rotatable bonds is 9. The molecule has 1 N–H and O–H groups in total. The molecule has 0 atom stereocenters. The van der Waals surface area contributed by atoms with Crippen molar-refractivity contribution >= 4 is 21.8 Å². The van der Waals surface area contributed by atoms with Gasteiger partial charge >= 0.3 is 5.97 Å². The highest BCUT2D eigenvalue weighted by atomic mass is 32.2. The van der Waals surface area contributed by atoms with E-state index >= 15 is 0 Å². The predicted octanol–water partition coefficient (Wildman–Crippen LogP) is 3.25. The molecule has 0 spiro atoms. The average Bonchev–Trinajstić information content (AvgIpc) is 3.30. The Morgan fingerprint density at radius 1 is 1.12 bits per heavy atom. The molecule has 168 valence electrons. The number of carbonyl (C=O) groups excluding carboxylic acids is 2. The molecular formula is C22H20FNO7S. The Hall–Kier alpha value is -3.50. The number of sulfonamides is 1. The Balaban J connectivity index is 1.69. The summed E-state index contributed by atoms with van der Waals surface area (Å²) in [4.78, 5) is 24.6. The van der Waals surface area contributed by atoms with Crippen LogP contribution in [0.1, 0.15) is 32.0 Å². The monoisotopic (exact) mass is 461 g/mol. The maximum Gasteiger partial charge on any atom is 0.338 e. The molecule has 3 aromatic rings. The van der Waals surface area contributed by atoms with Crippen molar-refractivity contribution in [3.63, 3.8) is 0 Å². The number of hydrogen-bond acceptors (Lipinski definition) is 7. The molecule has 0 aliphatic rings. The highest BCUT2D eigenvalue weighted by Crippen LogP contribution is 2.19. The van der Waals surface area contributed by atoms with Gasteiger partial charge in [-0.2, -0.15) is 0 Å². The number of esters is 1. The van der Waals surface area contributed by atoms with Gasteiger partial charge < -0.3 is 13.9 Å². The first kappa shape index (κ1) is 23.2. The van der Waals surface area contributed by atoms with Crippen molar-refractivity contribution in [3.8, 4) is 5.75 Å². The summed E-state index contributed by atoms with van der Waals surface area (Å²) in [5, 5.41) is 0. The van der Waals surface area contributed by atoms with Gasteiger partial charge in [0.2, 0.25) is 10.0 Å². The van der Waals surface area contributed by atoms with Crippen LogP contribution >= 0.6 is 0 Å². The van der Waals surface area contributed by atoms with Crippen molar-refractivity contribution in [2.75, 3.05) is 13.7 Å². The van der Waals surface area contributed by atoms with Crippen molar-refractivity contribution in [2.24, 2.45) is 0 Å². The van der Waals surface area contributed by atoms with Gasteiger partial charge in [-0.1, -0.05) is 6.07 Å². The summed E-state index contributed by atoms with van der Waals surface area (Å²) in [6.45, 7) is 0.900. The molecule has 0 bridgehead atoms. The molecule has 0 fully saturated rings. The quantitative estimate of drug-likeness (QED) is 0.385. The van der Waals surface area contributed by atoms with E-state index in [0.29, 0.717) is 11.3 Å². The minimum Gasteiger partial charge on any atom is -0.494 e. The highest BCUT2D eigenvalue weighted by Gasteiger charge is 2.20. The molecule has 32 heavy (non-hydrogen) atoms. The third-order valence-electron chi connectivity index (χ3n) is 4.56. The second kappa shape index (κ2) is 9.75. The topological polar surface area (TPSA) is 112 Å². The zero-order valence-electron chi connectivity index (χ0n) is 17.3. The van der Waals surface area contributed by atoms with E-state index in [1.807, 2.05) is 0 Å². The van der Waals surface area contributed by atoms with Crippen LogP contribution in [0, 0.1) is 12.7 Å². The Kier molecular flexibility index (Phi) is 7.06. The lowest BCUT2D eigenvalue weighted by Gasteiger charge is -2.10. The van der Waals surface area contributed by atoms with Crippen LogP contribution in [0.4, 0.5) is 4.39 Å². The van der Waals surface area contributed by atoms with Crippen molar-refractivity contribution in [3.05, 3.63) is 83.1 Å². The fraction of sp³-hybridized carbons (Fsp3) is 0.182. The Morgan fingerprint density at radius 3 is 2.56 bits per heavy atom. The van der Waals surface area contributed by atoms with Gasteiger partial charge in [0.15, 0.2) is 24.0 Å². The number of aryl methyl sites for hydroxylation is 1. The lowest BCUT2D eigenvalue weighted by atomic mass is 10.1. The Morgan fingerprint density at radius 2 is 1.91 bits per heavy atom. The summed E-state index contributed by atoms with van der Waals surface area (Å²) in [5.74, 6) is -1.82. The molecule has 0 radical (unpaired) electrons. The van der Waals surface area contributed by atoms with Gasteiger partial charge in [-0.15, -0.1) is 0 Å². The summed E-state index contributed by atoms with van der Waals surface area (Å²) < 4.78 is 56.2. The lowest BCUT2D eigenvalue weighted by molar-refractivity contribution is 0.0473. The smallest absolute Gasteiger partial charge is 0.338 e. The first-order valence-corrected chi connectivity index (χ1v) is 10.9. The zero-order chi connectivity index (χ0) is 23.3. The second-order valence-electron chi connectivity index (χ2n) is 6.73. The molecule has 0 saturated heterocycles. The number of nitrogens with one attached hydrogen (secondary N) is 1. The largest absolute Gasteiger partial charge is 0.494 e. The number of Topliss-reactive ketones (excluding diaryl/α,β-unsaturated/α-hetero) is 1. The number of methoxy groups -OCH3 is 1. The SMILES string of the molecule is COc1ccc(C(=O)COC(=O)c2cc(S(=O)(=O)NCc3ccco3)ccc2C)cc1F. The molecule has 0 aliphatic carbocycles. The van der Waals surface area contributed by atoms with Gasteiger partial charge in [0.25, 0.3) is 0 Å². The number of benzene rings is 2. The van der Waals surface area contributed by atoms with Gasteiger partial charge in [0, 0.05) is 5.56 Å². The van der Waals surface area contributed by atoms with E-state index in [1.165, 1.54) is 43.7 Å². The van der Waals surface area contributed by atoms with Gasteiger partial charge in [-0.3, -0.25) is 4.79 Å². The molecule has 1 aromatic heterocycles. The molecule has 10 heteroatoms. The number of ether oxygens (including phenoxy) is 2. The minimum absolute atomic E-state index is 0.00581. The summed E-state index contributed by atoms with van der Waals surface area (Å²) in [5.41, 5.74) is 0.453. The van der Waals surface area contributed by atoms with E-state index in [2.05, 4.69) is 4.72 Å². The number of hydrogen-bond donors (Lipinski definition) is 1. The van der Waals surface area contributed by atoms with Crippen LogP contribution < -0.4 is 9.46 Å². The first-order chi connectivity index (χ1) is 15.2. The van der Waals surface area contributed by atoms with Gasteiger partial charge in [-0.25, -0.2) is 22.3 Å². The van der Waals surface area contributed by atoms with Crippen LogP contribution in [0.2, 0.25) is 0 Å². The average molecular weight is 461 g/mol. The van der Waals surface area contributed by atoms with E-state index in [-0.39, 0.29) is 28.3 Å². The van der Waals surface area contributed by atoms with E-state index in [0.717, 1.165) is 6.07 Å². The van der Waals surface area contributed by atoms with Crippen molar-refractivity contribution in [1.82, 2.24) is 4.72 Å². The molecule has 0 amide bonds. The van der Waals surface area contributed by atoms with E-state index < -0.39 is 34.2 Å². The van der Waals surface area contributed by atoms with Crippen molar-refractivity contribution < 1.29 is 36.3 Å². The number of ketones is 1. The fourth-order valence-corrected chi connectivity index (χ4v) is 3.80. The Bertz CT molecular complexity index is 1240. The molecular weight excluding hydrogens is 441 g/mol. The third kappa shape index (κ3) is 5.40. The van der Waals surface area contributed by atoms with Crippen molar-refractivity contribution in [2.45, 2.75) is 18.4 Å². The van der Waals surface area contributed by atoms with Gasteiger partial charge in [-0.05, 0) is 55.0 Å². The van der Waals surface area contributed by atoms with Crippen LogP contribution in [0.3, 0.4) is 0 Å². The molecule has 2 aromatic carbocycles. The normalized spacial score (nSPS) is 11.2. The molecule has 1 heterocycles. The molecule has 0 saturated carbocycles. The second-order valence-corrected chi connectivity index (χ2v) is 8.50. The highest BCUT2D eigenvalue weighted by molar-refractivity contribution is 7.89. The first-order valence-electron chi connectivity index (χ1n) is 9.38. The van der Waals surface area contributed by atoms with Gasteiger partial charge in [0.1, 0.15) is 5.76 Å². The molecule has 0 aliphatic heterocycles. The maximum atomic E-state index is 13.8.